The third kappa shape index (κ3) is 6.43. The minimum Gasteiger partial charge on any atom is -0.391 e. The predicted molar refractivity (Wildman–Crippen MR) is 129 cm³/mol. The zero-order valence-electron chi connectivity index (χ0n) is 20.8. The largest absolute Gasteiger partial charge is 0.391 e. The summed E-state index contributed by atoms with van der Waals surface area (Å²) in [5.41, 5.74) is 0.668. The molecule has 3 amide bonds. The summed E-state index contributed by atoms with van der Waals surface area (Å²) in [5, 5.41) is 24.1. The maximum absolute atomic E-state index is 13.8. The Morgan fingerprint density at radius 2 is 1.94 bits per heavy atom. The van der Waals surface area contributed by atoms with Gasteiger partial charge in [-0.1, -0.05) is 27.7 Å². The van der Waals surface area contributed by atoms with Crippen LogP contribution in [-0.4, -0.2) is 77.4 Å². The Labute approximate surface area is 204 Å². The van der Waals surface area contributed by atoms with Gasteiger partial charge in [0.25, 0.3) is 0 Å². The standard InChI is InChI=1S/C25H35F2N5O3/c1-5-31-10-9-20(17(14-31)21(28)15-6-7-18(26)19(27)12-15)29-24(35)30-22(25(2,3)4)23(34)32-11-8-16(33)13-32/h6-7,12,16,22,28,33H,5,8-11,13-14H2,1-4H3,(H2,29,30,35)/t16-,22+/m0/s1. The van der Waals surface area contributed by atoms with E-state index in [1.54, 1.807) is 4.90 Å². The smallest absolute Gasteiger partial charge is 0.319 e. The molecule has 0 spiro atoms. The highest BCUT2D eigenvalue weighted by molar-refractivity contribution is 6.11. The molecule has 0 radical (unpaired) electrons. The van der Waals surface area contributed by atoms with E-state index in [1.165, 1.54) is 6.07 Å². The van der Waals surface area contributed by atoms with E-state index in [9.17, 15) is 23.5 Å². The quantitative estimate of drug-likeness (QED) is 0.459. The number of nitrogens with one attached hydrogen (secondary N) is 3. The molecule has 1 saturated heterocycles. The molecule has 0 aliphatic carbocycles. The van der Waals surface area contributed by atoms with E-state index in [2.05, 4.69) is 15.5 Å². The number of urea groups is 1. The zero-order valence-corrected chi connectivity index (χ0v) is 20.8. The summed E-state index contributed by atoms with van der Waals surface area (Å²) in [4.78, 5) is 29.8. The Morgan fingerprint density at radius 1 is 1.23 bits per heavy atom. The van der Waals surface area contributed by atoms with Crippen molar-refractivity contribution in [1.82, 2.24) is 20.4 Å². The molecular weight excluding hydrogens is 456 g/mol. The van der Waals surface area contributed by atoms with Gasteiger partial charge in [-0.25, -0.2) is 13.6 Å². The summed E-state index contributed by atoms with van der Waals surface area (Å²) < 4.78 is 27.2. The summed E-state index contributed by atoms with van der Waals surface area (Å²) in [5.74, 6) is -2.29. The van der Waals surface area contributed by atoms with Gasteiger partial charge in [-0.05, 0) is 36.6 Å². The fourth-order valence-corrected chi connectivity index (χ4v) is 4.36. The minimum absolute atomic E-state index is 0.00634. The lowest BCUT2D eigenvalue weighted by atomic mass is 9.86. The third-order valence-corrected chi connectivity index (χ3v) is 6.51. The second kappa shape index (κ2) is 10.8. The Morgan fingerprint density at radius 3 is 2.51 bits per heavy atom. The Bertz CT molecular complexity index is 1020. The lowest BCUT2D eigenvalue weighted by molar-refractivity contribution is -0.135. The fraction of sp³-hybridized carbons (Fsp3) is 0.560. The Balaban J connectivity index is 1.82. The number of likely N-dealkylation sites (tertiary alicyclic amines) is 1. The molecule has 2 aliphatic rings. The van der Waals surface area contributed by atoms with Crippen molar-refractivity contribution in [1.29, 1.82) is 5.41 Å². The number of amides is 3. The number of carbonyl (C=O) groups is 2. The molecule has 0 saturated carbocycles. The fourth-order valence-electron chi connectivity index (χ4n) is 4.36. The molecule has 1 aromatic rings. The van der Waals surface area contributed by atoms with Crippen molar-refractivity contribution in [2.24, 2.45) is 5.41 Å². The van der Waals surface area contributed by atoms with Crippen molar-refractivity contribution in [2.45, 2.75) is 52.7 Å². The minimum atomic E-state index is -1.04. The van der Waals surface area contributed by atoms with E-state index in [4.69, 9.17) is 5.41 Å². The highest BCUT2D eigenvalue weighted by Gasteiger charge is 2.38. The van der Waals surface area contributed by atoms with Gasteiger partial charge < -0.3 is 20.6 Å². The number of aliphatic hydroxyl groups is 1. The molecule has 192 valence electrons. The summed E-state index contributed by atoms with van der Waals surface area (Å²) >= 11 is 0. The van der Waals surface area contributed by atoms with Gasteiger partial charge >= 0.3 is 6.03 Å². The normalized spacial score (nSPS) is 20.1. The van der Waals surface area contributed by atoms with Gasteiger partial charge in [-0.3, -0.25) is 15.1 Å². The second-order valence-corrected chi connectivity index (χ2v) is 10.2. The Kier molecular flexibility index (Phi) is 8.27. The topological polar surface area (TPSA) is 109 Å². The van der Waals surface area contributed by atoms with Crippen LogP contribution in [0.1, 0.15) is 46.1 Å². The number of hydrogen-bond donors (Lipinski definition) is 4. The molecule has 0 aromatic heterocycles. The first-order chi connectivity index (χ1) is 16.4. The zero-order chi connectivity index (χ0) is 25.9. The van der Waals surface area contributed by atoms with Crippen LogP contribution >= 0.6 is 0 Å². The van der Waals surface area contributed by atoms with Crippen LogP contribution in [0, 0.1) is 22.5 Å². The van der Waals surface area contributed by atoms with Gasteiger partial charge in [-0.15, -0.1) is 0 Å². The first-order valence-corrected chi connectivity index (χ1v) is 11.9. The van der Waals surface area contributed by atoms with E-state index < -0.39 is 35.2 Å². The van der Waals surface area contributed by atoms with Crippen molar-refractivity contribution in [3.63, 3.8) is 0 Å². The van der Waals surface area contributed by atoms with Gasteiger partial charge in [-0.2, -0.15) is 0 Å². The van der Waals surface area contributed by atoms with E-state index >= 15 is 0 Å². The van der Waals surface area contributed by atoms with Crippen LogP contribution in [0.3, 0.4) is 0 Å². The number of benzene rings is 1. The second-order valence-electron chi connectivity index (χ2n) is 10.2. The molecule has 0 unspecified atom stereocenters. The van der Waals surface area contributed by atoms with Crippen LogP contribution in [0.4, 0.5) is 13.6 Å². The number of likely N-dealkylation sites (N-methyl/N-ethyl adjacent to an activating group) is 1. The van der Waals surface area contributed by atoms with Gasteiger partial charge in [0, 0.05) is 49.4 Å². The predicted octanol–water partition coefficient (Wildman–Crippen LogP) is 2.62. The number of halogens is 2. The number of hydrogen-bond acceptors (Lipinski definition) is 5. The molecule has 35 heavy (non-hydrogen) atoms. The lowest BCUT2D eigenvalue weighted by Gasteiger charge is -2.34. The number of β-amino-alcohol motifs (C(OH)–C–C–N with tert-alkyl or cyclic N) is 1. The summed E-state index contributed by atoms with van der Waals surface area (Å²) in [6.45, 7) is 9.98. The molecule has 1 fully saturated rings. The first-order valence-electron chi connectivity index (χ1n) is 11.9. The lowest BCUT2D eigenvalue weighted by Crippen LogP contribution is -2.56. The average Bonchev–Trinajstić information content (AvgIpc) is 3.24. The summed E-state index contributed by atoms with van der Waals surface area (Å²) in [7, 11) is 0. The van der Waals surface area contributed by atoms with Gasteiger partial charge in [0.05, 0.1) is 11.8 Å². The van der Waals surface area contributed by atoms with Crippen LogP contribution in [0.2, 0.25) is 0 Å². The number of rotatable bonds is 6. The van der Waals surface area contributed by atoms with Crippen LogP contribution in [-0.2, 0) is 4.79 Å². The SMILES string of the molecule is CCN1CCC(NC(=O)N[C@H](C(=O)N2CC[C@H](O)C2)C(C)(C)C)=C(C(=N)c2ccc(F)c(F)c2)C1. The van der Waals surface area contributed by atoms with E-state index in [-0.39, 0.29) is 23.7 Å². The molecule has 1 aromatic carbocycles. The van der Waals surface area contributed by atoms with E-state index in [1.807, 2.05) is 27.7 Å². The summed E-state index contributed by atoms with van der Waals surface area (Å²) in [6, 6.07) is 1.91. The highest BCUT2D eigenvalue weighted by Crippen LogP contribution is 2.24. The van der Waals surface area contributed by atoms with Crippen LogP contribution in [0.5, 0.6) is 0 Å². The van der Waals surface area contributed by atoms with Gasteiger partial charge in [0.15, 0.2) is 11.6 Å². The van der Waals surface area contributed by atoms with Crippen molar-refractivity contribution in [3.8, 4) is 0 Å². The van der Waals surface area contributed by atoms with Crippen LogP contribution in [0.15, 0.2) is 29.5 Å². The first kappa shape index (κ1) is 26.7. The van der Waals surface area contributed by atoms with Crippen molar-refractivity contribution >= 4 is 17.6 Å². The molecule has 2 atom stereocenters. The maximum Gasteiger partial charge on any atom is 0.319 e. The third-order valence-electron chi connectivity index (χ3n) is 6.51. The number of carbonyl (C=O) groups excluding carboxylic acids is 2. The number of aliphatic hydroxyl groups excluding tert-OH is 1. The van der Waals surface area contributed by atoms with Crippen molar-refractivity contribution in [2.75, 3.05) is 32.7 Å². The molecule has 3 rings (SSSR count). The molecular formula is C25H35F2N5O3. The molecule has 2 heterocycles. The molecule has 2 aliphatic heterocycles. The van der Waals surface area contributed by atoms with Crippen LogP contribution in [0.25, 0.3) is 0 Å². The molecule has 4 N–H and O–H groups in total. The maximum atomic E-state index is 13.8. The Hall–Kier alpha value is -2.85. The highest BCUT2D eigenvalue weighted by atomic mass is 19.2. The monoisotopic (exact) mass is 491 g/mol. The van der Waals surface area contributed by atoms with E-state index in [0.717, 1.165) is 18.7 Å². The summed E-state index contributed by atoms with van der Waals surface area (Å²) in [6.07, 6.45) is 0.396. The van der Waals surface area contributed by atoms with Gasteiger partial charge in [0.1, 0.15) is 6.04 Å². The number of nitrogens with zero attached hydrogens (tertiary/aromatic N) is 2. The van der Waals surface area contributed by atoms with Crippen molar-refractivity contribution < 1.29 is 23.5 Å². The van der Waals surface area contributed by atoms with E-state index in [0.29, 0.717) is 43.7 Å². The van der Waals surface area contributed by atoms with Crippen molar-refractivity contribution in [3.05, 3.63) is 46.7 Å². The molecule has 10 heteroatoms. The van der Waals surface area contributed by atoms with Gasteiger partial charge in [0.2, 0.25) is 5.91 Å². The molecule has 8 nitrogen and oxygen atoms in total. The average molecular weight is 492 g/mol. The molecule has 0 bridgehead atoms. The van der Waals surface area contributed by atoms with Crippen LogP contribution < -0.4 is 10.6 Å².